The highest BCUT2D eigenvalue weighted by atomic mass is 28.4. The van der Waals surface area contributed by atoms with E-state index >= 15 is 0 Å². The number of aliphatic hydroxyl groups is 2. The monoisotopic (exact) mass is 350 g/mol. The Balaban J connectivity index is 2.27. The largest absolute Gasteiger partial charge is 0.414 e. The lowest BCUT2D eigenvalue weighted by molar-refractivity contribution is 0.0591. The van der Waals surface area contributed by atoms with Gasteiger partial charge < -0.3 is 14.6 Å². The van der Waals surface area contributed by atoms with Crippen molar-refractivity contribution in [1.82, 2.24) is 0 Å². The van der Waals surface area contributed by atoms with Crippen molar-refractivity contribution in [3.8, 4) is 0 Å². The van der Waals surface area contributed by atoms with Crippen LogP contribution in [0.4, 0.5) is 0 Å². The number of aliphatic hydroxyl groups excluding tert-OH is 2. The third kappa shape index (κ3) is 3.93. The molecular formula is C20H34O3Si. The first kappa shape index (κ1) is 19.6. The predicted molar refractivity (Wildman–Crippen MR) is 102 cm³/mol. The summed E-state index contributed by atoms with van der Waals surface area (Å²) >= 11 is 0. The van der Waals surface area contributed by atoms with Crippen LogP contribution >= 0.6 is 0 Å². The van der Waals surface area contributed by atoms with Crippen LogP contribution in [0, 0.1) is 0 Å². The average Bonchev–Trinajstić information content (AvgIpc) is 2.53. The van der Waals surface area contributed by atoms with E-state index in [-0.39, 0.29) is 29.8 Å². The van der Waals surface area contributed by atoms with Crippen molar-refractivity contribution in [2.45, 2.75) is 82.7 Å². The summed E-state index contributed by atoms with van der Waals surface area (Å²) in [6.45, 7) is 11.5. The Morgan fingerprint density at radius 2 is 1.88 bits per heavy atom. The van der Waals surface area contributed by atoms with Gasteiger partial charge in [0, 0.05) is 11.5 Å². The van der Waals surface area contributed by atoms with Gasteiger partial charge in [0.1, 0.15) is 0 Å². The van der Waals surface area contributed by atoms with Crippen molar-refractivity contribution in [3.05, 3.63) is 35.4 Å². The molecule has 24 heavy (non-hydrogen) atoms. The molecule has 1 aliphatic carbocycles. The fraction of sp³-hybridized carbons (Fsp3) is 0.700. The highest BCUT2D eigenvalue weighted by Gasteiger charge is 2.44. The number of hydrogen-bond acceptors (Lipinski definition) is 3. The summed E-state index contributed by atoms with van der Waals surface area (Å²) in [5.41, 5.74) is 1.74. The van der Waals surface area contributed by atoms with Gasteiger partial charge in [-0.1, -0.05) is 45.0 Å². The van der Waals surface area contributed by atoms with E-state index in [0.29, 0.717) is 0 Å². The molecule has 0 saturated heterocycles. The Hall–Kier alpha value is -0.683. The summed E-state index contributed by atoms with van der Waals surface area (Å²) in [6, 6.07) is 7.98. The van der Waals surface area contributed by atoms with Gasteiger partial charge in [0.15, 0.2) is 8.32 Å². The Labute approximate surface area is 148 Å². The van der Waals surface area contributed by atoms with Crippen molar-refractivity contribution in [1.29, 1.82) is 0 Å². The van der Waals surface area contributed by atoms with E-state index in [1.807, 2.05) is 18.2 Å². The molecule has 2 N–H and O–H groups in total. The predicted octanol–water partition coefficient (Wildman–Crippen LogP) is 4.37. The van der Waals surface area contributed by atoms with Gasteiger partial charge in [-0.05, 0) is 54.9 Å². The van der Waals surface area contributed by atoms with Gasteiger partial charge in [-0.2, -0.15) is 0 Å². The van der Waals surface area contributed by atoms with Crippen molar-refractivity contribution < 1.29 is 14.6 Å². The molecule has 2 atom stereocenters. The van der Waals surface area contributed by atoms with Gasteiger partial charge in [0.05, 0.1) is 13.2 Å². The Bertz CT molecular complexity index is 550. The third-order valence-corrected chi connectivity index (χ3v) is 10.7. The minimum absolute atomic E-state index is 0.0195. The van der Waals surface area contributed by atoms with Crippen LogP contribution in [0.3, 0.4) is 0 Å². The summed E-state index contributed by atoms with van der Waals surface area (Å²) in [7, 11) is -1.82. The molecule has 0 amide bonds. The summed E-state index contributed by atoms with van der Waals surface area (Å²) < 4.78 is 6.66. The van der Waals surface area contributed by atoms with Crippen molar-refractivity contribution in [2.24, 2.45) is 0 Å². The SMILES string of the molecule is CC(C)(C)[Si](C)(C)OC1CCCC(CO)(c2ccccc2CO)C1. The van der Waals surface area contributed by atoms with E-state index in [4.69, 9.17) is 4.43 Å². The first-order valence-electron chi connectivity index (χ1n) is 9.13. The molecule has 1 fully saturated rings. The quantitative estimate of drug-likeness (QED) is 0.775. The molecule has 0 spiro atoms. The molecule has 1 aromatic carbocycles. The molecule has 2 rings (SSSR count). The Kier molecular flexibility index (Phi) is 5.96. The van der Waals surface area contributed by atoms with Crippen molar-refractivity contribution >= 4 is 8.32 Å². The molecule has 1 saturated carbocycles. The molecule has 0 heterocycles. The van der Waals surface area contributed by atoms with E-state index < -0.39 is 8.32 Å². The van der Waals surface area contributed by atoms with Gasteiger partial charge >= 0.3 is 0 Å². The van der Waals surface area contributed by atoms with Gasteiger partial charge in [-0.3, -0.25) is 0 Å². The zero-order chi connectivity index (χ0) is 18.0. The first-order valence-corrected chi connectivity index (χ1v) is 12.0. The molecule has 1 aliphatic rings. The van der Waals surface area contributed by atoms with Crippen LogP contribution < -0.4 is 0 Å². The van der Waals surface area contributed by atoms with Crippen LogP contribution in [0.5, 0.6) is 0 Å². The molecule has 0 bridgehead atoms. The molecule has 0 aliphatic heterocycles. The highest BCUT2D eigenvalue weighted by molar-refractivity contribution is 6.74. The van der Waals surface area contributed by atoms with Crippen LogP contribution in [-0.4, -0.2) is 31.2 Å². The summed E-state index contributed by atoms with van der Waals surface area (Å²) in [6.07, 6.45) is 4.11. The molecule has 0 radical (unpaired) electrons. The minimum atomic E-state index is -1.82. The van der Waals surface area contributed by atoms with Gasteiger partial charge in [0.25, 0.3) is 0 Å². The maximum atomic E-state index is 10.3. The van der Waals surface area contributed by atoms with Crippen LogP contribution in [0.1, 0.15) is 57.6 Å². The van der Waals surface area contributed by atoms with Gasteiger partial charge in [0.2, 0.25) is 0 Å². The third-order valence-electron chi connectivity index (χ3n) is 6.13. The van der Waals surface area contributed by atoms with E-state index in [1.54, 1.807) is 0 Å². The fourth-order valence-corrected chi connectivity index (χ4v) is 5.04. The maximum absolute atomic E-state index is 10.3. The lowest BCUT2D eigenvalue weighted by atomic mass is 9.68. The number of rotatable bonds is 5. The molecule has 1 aromatic rings. The van der Waals surface area contributed by atoms with Crippen molar-refractivity contribution in [2.75, 3.05) is 6.61 Å². The van der Waals surface area contributed by atoms with Gasteiger partial charge in [-0.25, -0.2) is 0 Å². The van der Waals surface area contributed by atoms with E-state index in [0.717, 1.165) is 36.8 Å². The molecule has 2 unspecified atom stereocenters. The smallest absolute Gasteiger partial charge is 0.192 e. The minimum Gasteiger partial charge on any atom is -0.414 e. The molecule has 136 valence electrons. The lowest BCUT2D eigenvalue weighted by Crippen LogP contribution is -2.48. The zero-order valence-corrected chi connectivity index (χ0v) is 16.9. The van der Waals surface area contributed by atoms with E-state index in [1.165, 1.54) is 0 Å². The lowest BCUT2D eigenvalue weighted by Gasteiger charge is -2.45. The molecule has 4 heteroatoms. The zero-order valence-electron chi connectivity index (χ0n) is 15.9. The Morgan fingerprint density at radius 1 is 1.21 bits per heavy atom. The second-order valence-corrected chi connectivity index (χ2v) is 13.6. The number of benzene rings is 1. The first-order chi connectivity index (χ1) is 11.1. The average molecular weight is 351 g/mol. The molecule has 3 nitrogen and oxygen atoms in total. The van der Waals surface area contributed by atoms with Crippen molar-refractivity contribution in [3.63, 3.8) is 0 Å². The van der Waals surface area contributed by atoms with E-state index in [2.05, 4.69) is 39.9 Å². The maximum Gasteiger partial charge on any atom is 0.192 e. The summed E-state index contributed by atoms with van der Waals surface area (Å²) in [5.74, 6) is 0. The second-order valence-electron chi connectivity index (χ2n) is 8.85. The topological polar surface area (TPSA) is 49.7 Å². The second kappa shape index (κ2) is 7.28. The highest BCUT2D eigenvalue weighted by Crippen LogP contribution is 2.45. The fourth-order valence-electron chi connectivity index (χ4n) is 3.65. The Morgan fingerprint density at radius 3 is 2.46 bits per heavy atom. The van der Waals surface area contributed by atoms with Crippen LogP contribution in [0.15, 0.2) is 24.3 Å². The molecular weight excluding hydrogens is 316 g/mol. The summed E-state index contributed by atoms with van der Waals surface area (Å²) in [4.78, 5) is 0. The van der Waals surface area contributed by atoms with E-state index in [9.17, 15) is 10.2 Å². The number of hydrogen-bond donors (Lipinski definition) is 2. The van der Waals surface area contributed by atoms with Crippen LogP contribution in [-0.2, 0) is 16.4 Å². The summed E-state index contributed by atoms with van der Waals surface area (Å²) in [5, 5.41) is 20.2. The van der Waals surface area contributed by atoms with Crippen LogP contribution in [0.25, 0.3) is 0 Å². The van der Waals surface area contributed by atoms with Gasteiger partial charge in [-0.15, -0.1) is 0 Å². The molecule has 0 aromatic heterocycles. The normalized spacial score (nSPS) is 25.7. The standard InChI is InChI=1S/C20H34O3Si/c1-19(2,3)24(4,5)23-17-10-8-12-20(13-17,15-22)18-11-7-6-9-16(18)14-21/h6-7,9,11,17,21-22H,8,10,12-15H2,1-5H3. The van der Waals surface area contributed by atoms with Crippen LogP contribution in [0.2, 0.25) is 18.1 Å².